The number of fused-ring (bicyclic) bond motifs is 6. The number of hydrogen-bond acceptors (Lipinski definition) is 4. The molecule has 0 radical (unpaired) electrons. The number of para-hydroxylation sites is 4. The molecule has 2 aromatic heterocycles. The van der Waals surface area contributed by atoms with Gasteiger partial charge in [-0.2, -0.15) is 0 Å². The van der Waals surface area contributed by atoms with Gasteiger partial charge in [0.15, 0.2) is 0 Å². The Morgan fingerprint density at radius 1 is 0.250 bits per heavy atom. The Labute approximate surface area is 396 Å². The van der Waals surface area contributed by atoms with Crippen LogP contribution in [0.4, 0.5) is 34.1 Å². The molecule has 0 saturated carbocycles. The van der Waals surface area contributed by atoms with Crippen LogP contribution in [0.25, 0.3) is 77.3 Å². The van der Waals surface area contributed by atoms with Gasteiger partial charge in [0.2, 0.25) is 0 Å². The van der Waals surface area contributed by atoms with Gasteiger partial charge in [0.05, 0.1) is 0 Å². The highest BCUT2D eigenvalue weighted by atomic mass is 16.3. The molecule has 4 heteroatoms. The molecule has 0 amide bonds. The largest absolute Gasteiger partial charge is 0.456 e. The van der Waals surface area contributed by atoms with Crippen LogP contribution in [-0.4, -0.2) is 0 Å². The maximum atomic E-state index is 6.13. The van der Waals surface area contributed by atoms with E-state index in [1.165, 1.54) is 33.4 Å². The summed E-state index contributed by atoms with van der Waals surface area (Å²) in [6.45, 7) is 8.83. The van der Waals surface area contributed by atoms with Crippen LogP contribution in [0, 0.1) is 27.7 Å². The average molecular weight is 877 g/mol. The first-order valence-electron chi connectivity index (χ1n) is 23.3. The van der Waals surface area contributed by atoms with E-state index in [0.29, 0.717) is 0 Å². The Kier molecular flexibility index (Phi) is 10.0. The molecule has 326 valence electrons. The Balaban J connectivity index is 0.864. The molecule has 0 saturated heterocycles. The summed E-state index contributed by atoms with van der Waals surface area (Å²) in [6, 6.07) is 78.4. The lowest BCUT2D eigenvalue weighted by molar-refractivity contribution is 0.668. The minimum atomic E-state index is 0.906. The van der Waals surface area contributed by atoms with Gasteiger partial charge in [-0.05, 0) is 180 Å². The van der Waals surface area contributed by atoms with Gasteiger partial charge in [0.25, 0.3) is 0 Å². The maximum Gasteiger partial charge on any atom is 0.135 e. The summed E-state index contributed by atoms with van der Waals surface area (Å²) in [4.78, 5) is 4.78. The highest BCUT2D eigenvalue weighted by Gasteiger charge is 2.20. The molecule has 0 atom stereocenters. The lowest BCUT2D eigenvalue weighted by atomic mass is 9.97. The lowest BCUT2D eigenvalue weighted by Gasteiger charge is -2.29. The van der Waals surface area contributed by atoms with Gasteiger partial charge in [-0.15, -0.1) is 0 Å². The summed E-state index contributed by atoms with van der Waals surface area (Å²) in [5.74, 6) is 0. The second-order valence-corrected chi connectivity index (χ2v) is 18.0. The molecule has 68 heavy (non-hydrogen) atoms. The topological polar surface area (TPSA) is 32.8 Å². The van der Waals surface area contributed by atoms with Crippen molar-refractivity contribution in [2.24, 2.45) is 0 Å². The summed E-state index contributed by atoms with van der Waals surface area (Å²) in [5, 5.41) is 4.54. The number of nitrogens with zero attached hydrogens (tertiary/aromatic N) is 2. The van der Waals surface area contributed by atoms with Crippen LogP contribution < -0.4 is 9.80 Å². The van der Waals surface area contributed by atoms with Crippen LogP contribution in [0.15, 0.2) is 227 Å². The first-order valence-corrected chi connectivity index (χ1v) is 23.3. The van der Waals surface area contributed by atoms with Crippen LogP contribution in [0.1, 0.15) is 22.3 Å². The van der Waals surface area contributed by atoms with Gasteiger partial charge >= 0.3 is 0 Å². The van der Waals surface area contributed by atoms with Crippen molar-refractivity contribution in [2.75, 3.05) is 9.80 Å². The third kappa shape index (κ3) is 7.19. The molecule has 0 unspecified atom stereocenters. The van der Waals surface area contributed by atoms with Crippen molar-refractivity contribution in [3.05, 3.63) is 241 Å². The molecule has 12 rings (SSSR count). The molecule has 2 heterocycles. The van der Waals surface area contributed by atoms with E-state index in [0.717, 1.165) is 100 Å². The number of anilines is 6. The van der Waals surface area contributed by atoms with E-state index in [1.54, 1.807) is 0 Å². The molecule has 0 aliphatic carbocycles. The quantitative estimate of drug-likeness (QED) is 0.145. The monoisotopic (exact) mass is 876 g/mol. The molecule has 0 fully saturated rings. The van der Waals surface area contributed by atoms with Crippen LogP contribution in [0.3, 0.4) is 0 Å². The molecular weight excluding hydrogens is 829 g/mol. The third-order valence-corrected chi connectivity index (χ3v) is 13.6. The standard InChI is InChI=1S/C64H48N2O2/c1-41-13-5-9-17-57(41)65(51-29-21-45(22-30-51)49-27-35-63-55(39-49)53-15-7-11-19-61(53)67-63)59-33-25-47(37-43(59)3)48-26-34-60(44(4)38-48)66(58-18-10-6-14-42(58)2)52-31-23-46(24-32-52)50-28-36-64-56(40-50)54-16-8-12-20-62(54)68-64/h5-40H,1-4H3. The fourth-order valence-electron chi connectivity index (χ4n) is 10.0. The van der Waals surface area contributed by atoms with Crippen LogP contribution >= 0.6 is 0 Å². The average Bonchev–Trinajstić information content (AvgIpc) is 3.94. The minimum Gasteiger partial charge on any atom is -0.456 e. The van der Waals surface area contributed by atoms with Crippen molar-refractivity contribution < 1.29 is 8.83 Å². The highest BCUT2D eigenvalue weighted by Crippen LogP contribution is 2.44. The molecular formula is C64H48N2O2. The van der Waals surface area contributed by atoms with Crippen molar-refractivity contribution in [1.29, 1.82) is 0 Å². The summed E-state index contributed by atoms with van der Waals surface area (Å²) in [7, 11) is 0. The fourth-order valence-corrected chi connectivity index (χ4v) is 10.0. The van der Waals surface area contributed by atoms with Crippen LogP contribution in [0.2, 0.25) is 0 Å². The van der Waals surface area contributed by atoms with E-state index < -0.39 is 0 Å². The number of hydrogen-bond donors (Lipinski definition) is 0. The van der Waals surface area contributed by atoms with E-state index in [-0.39, 0.29) is 0 Å². The van der Waals surface area contributed by atoms with Gasteiger partial charge in [-0.25, -0.2) is 0 Å². The van der Waals surface area contributed by atoms with E-state index in [2.05, 4.69) is 232 Å². The molecule has 0 aliphatic rings. The van der Waals surface area contributed by atoms with Gasteiger partial charge < -0.3 is 18.6 Å². The molecule has 12 aromatic rings. The van der Waals surface area contributed by atoms with Gasteiger partial charge in [-0.3, -0.25) is 0 Å². The predicted octanol–water partition coefficient (Wildman–Crippen LogP) is 18.7. The van der Waals surface area contributed by atoms with Crippen molar-refractivity contribution >= 4 is 78.0 Å². The third-order valence-electron chi connectivity index (χ3n) is 13.6. The van der Waals surface area contributed by atoms with Gasteiger partial charge in [-0.1, -0.05) is 121 Å². The van der Waals surface area contributed by atoms with Gasteiger partial charge in [0, 0.05) is 55.7 Å². The zero-order chi connectivity index (χ0) is 45.9. The first kappa shape index (κ1) is 40.9. The van der Waals surface area contributed by atoms with Crippen molar-refractivity contribution in [3.8, 4) is 33.4 Å². The lowest BCUT2D eigenvalue weighted by Crippen LogP contribution is -2.13. The van der Waals surface area contributed by atoms with Crippen molar-refractivity contribution in [2.45, 2.75) is 27.7 Å². The predicted molar refractivity (Wildman–Crippen MR) is 286 cm³/mol. The van der Waals surface area contributed by atoms with E-state index in [9.17, 15) is 0 Å². The Morgan fingerprint density at radius 3 is 0.985 bits per heavy atom. The summed E-state index contributed by atoms with van der Waals surface area (Å²) in [5.41, 5.74) is 22.2. The van der Waals surface area contributed by atoms with Crippen LogP contribution in [-0.2, 0) is 0 Å². The van der Waals surface area contributed by atoms with Gasteiger partial charge in [0.1, 0.15) is 22.3 Å². The maximum absolute atomic E-state index is 6.13. The molecule has 10 aromatic carbocycles. The highest BCUT2D eigenvalue weighted by molar-refractivity contribution is 6.07. The Hall–Kier alpha value is -8.60. The zero-order valence-corrected chi connectivity index (χ0v) is 38.5. The van der Waals surface area contributed by atoms with E-state index in [1.807, 2.05) is 24.3 Å². The smallest absolute Gasteiger partial charge is 0.135 e. The Bertz CT molecular complexity index is 3600. The number of benzene rings is 10. The minimum absolute atomic E-state index is 0.906. The molecule has 4 nitrogen and oxygen atoms in total. The molecule has 0 bridgehead atoms. The summed E-state index contributed by atoms with van der Waals surface area (Å²) >= 11 is 0. The number of rotatable bonds is 9. The SMILES string of the molecule is Cc1ccccc1N(c1ccc(-c2ccc3oc4ccccc4c3c2)cc1)c1ccc(-c2ccc(N(c3ccc(-c4ccc5oc6ccccc6c5c4)cc3)c3ccccc3C)c(C)c2)cc1C. The first-order chi connectivity index (χ1) is 33.3. The van der Waals surface area contributed by atoms with Crippen molar-refractivity contribution in [1.82, 2.24) is 0 Å². The number of furan rings is 2. The second kappa shape index (κ2) is 16.7. The molecule has 0 spiro atoms. The fraction of sp³-hybridized carbons (Fsp3) is 0.0625. The summed E-state index contributed by atoms with van der Waals surface area (Å²) < 4.78 is 12.3. The zero-order valence-electron chi connectivity index (χ0n) is 38.5. The van der Waals surface area contributed by atoms with E-state index >= 15 is 0 Å². The van der Waals surface area contributed by atoms with Crippen molar-refractivity contribution in [3.63, 3.8) is 0 Å². The Morgan fingerprint density at radius 2 is 0.574 bits per heavy atom. The second-order valence-electron chi connectivity index (χ2n) is 18.0. The molecule has 0 N–H and O–H groups in total. The number of aryl methyl sites for hydroxylation is 4. The normalized spacial score (nSPS) is 11.5. The molecule has 0 aliphatic heterocycles. The summed E-state index contributed by atoms with van der Waals surface area (Å²) in [6.07, 6.45) is 0. The van der Waals surface area contributed by atoms with E-state index in [4.69, 9.17) is 8.83 Å². The van der Waals surface area contributed by atoms with Crippen LogP contribution in [0.5, 0.6) is 0 Å².